The SMILES string of the molecule is CC(C)(C)OC(=O)COCCc1cccc(C(N)=NO)c1. The van der Waals surface area contributed by atoms with Crippen LogP contribution >= 0.6 is 0 Å². The number of nitrogens with two attached hydrogens (primary N) is 1. The third-order valence-electron chi connectivity index (χ3n) is 2.51. The molecule has 6 nitrogen and oxygen atoms in total. The lowest BCUT2D eigenvalue weighted by Crippen LogP contribution is -2.26. The highest BCUT2D eigenvalue weighted by molar-refractivity contribution is 5.97. The largest absolute Gasteiger partial charge is 0.458 e. The molecule has 3 N–H and O–H groups in total. The van der Waals surface area contributed by atoms with Crippen LogP contribution in [-0.2, 0) is 20.7 Å². The molecule has 0 unspecified atom stereocenters. The van der Waals surface area contributed by atoms with Gasteiger partial charge in [-0.1, -0.05) is 23.4 Å². The van der Waals surface area contributed by atoms with Crippen molar-refractivity contribution in [1.29, 1.82) is 0 Å². The van der Waals surface area contributed by atoms with E-state index in [4.69, 9.17) is 20.4 Å². The Kier molecular flexibility index (Phi) is 6.17. The minimum absolute atomic E-state index is 0.0616. The zero-order valence-corrected chi connectivity index (χ0v) is 12.6. The number of ether oxygens (including phenoxy) is 2. The van der Waals surface area contributed by atoms with E-state index in [1.54, 1.807) is 6.07 Å². The molecule has 0 aliphatic heterocycles. The molecule has 0 saturated heterocycles. The molecular weight excluding hydrogens is 272 g/mol. The lowest BCUT2D eigenvalue weighted by Gasteiger charge is -2.19. The van der Waals surface area contributed by atoms with E-state index in [2.05, 4.69) is 5.16 Å². The Morgan fingerprint density at radius 1 is 1.38 bits per heavy atom. The molecule has 0 amide bonds. The molecule has 0 saturated carbocycles. The second kappa shape index (κ2) is 7.64. The fourth-order valence-corrected chi connectivity index (χ4v) is 1.66. The molecule has 1 aromatic carbocycles. The minimum Gasteiger partial charge on any atom is -0.458 e. The zero-order chi connectivity index (χ0) is 15.9. The second-order valence-corrected chi connectivity index (χ2v) is 5.57. The van der Waals surface area contributed by atoms with Gasteiger partial charge in [-0.3, -0.25) is 0 Å². The molecule has 21 heavy (non-hydrogen) atoms. The summed E-state index contributed by atoms with van der Waals surface area (Å²) in [5, 5.41) is 11.6. The molecule has 0 radical (unpaired) electrons. The number of hydrogen-bond acceptors (Lipinski definition) is 5. The number of carbonyl (C=O) groups excluding carboxylic acids is 1. The van der Waals surface area contributed by atoms with Gasteiger partial charge in [-0.05, 0) is 38.8 Å². The molecular formula is C15H22N2O4. The summed E-state index contributed by atoms with van der Waals surface area (Å²) in [5.74, 6) is -0.320. The lowest BCUT2D eigenvalue weighted by molar-refractivity contribution is -0.160. The molecule has 0 aliphatic carbocycles. The van der Waals surface area contributed by atoms with Gasteiger partial charge in [0.1, 0.15) is 12.2 Å². The van der Waals surface area contributed by atoms with Crippen LogP contribution in [0.25, 0.3) is 0 Å². The maximum atomic E-state index is 11.4. The van der Waals surface area contributed by atoms with E-state index in [1.807, 2.05) is 39.0 Å². The first kappa shape index (κ1) is 17.0. The Labute approximate surface area is 124 Å². The first-order valence-electron chi connectivity index (χ1n) is 6.68. The number of hydrogen-bond donors (Lipinski definition) is 2. The monoisotopic (exact) mass is 294 g/mol. The van der Waals surface area contributed by atoms with Crippen LogP contribution in [-0.4, -0.2) is 35.8 Å². The summed E-state index contributed by atoms with van der Waals surface area (Å²) < 4.78 is 10.4. The molecule has 0 heterocycles. The Balaban J connectivity index is 2.38. The van der Waals surface area contributed by atoms with Gasteiger partial charge in [-0.25, -0.2) is 4.79 Å². The molecule has 0 spiro atoms. The molecule has 0 bridgehead atoms. The first-order valence-corrected chi connectivity index (χ1v) is 6.68. The van der Waals surface area contributed by atoms with Crippen LogP contribution in [0.2, 0.25) is 0 Å². The van der Waals surface area contributed by atoms with Crippen molar-refractivity contribution < 1.29 is 19.5 Å². The van der Waals surface area contributed by atoms with Crippen molar-refractivity contribution in [2.75, 3.05) is 13.2 Å². The van der Waals surface area contributed by atoms with Gasteiger partial charge >= 0.3 is 5.97 Å². The summed E-state index contributed by atoms with van der Waals surface area (Å²) in [6, 6.07) is 7.29. The topological polar surface area (TPSA) is 94.1 Å². The van der Waals surface area contributed by atoms with E-state index in [-0.39, 0.29) is 18.4 Å². The number of benzene rings is 1. The fourth-order valence-electron chi connectivity index (χ4n) is 1.66. The first-order chi connectivity index (χ1) is 9.81. The van der Waals surface area contributed by atoms with Crippen LogP contribution in [0.1, 0.15) is 31.9 Å². The number of carbonyl (C=O) groups is 1. The van der Waals surface area contributed by atoms with Gasteiger partial charge in [0.2, 0.25) is 0 Å². The summed E-state index contributed by atoms with van der Waals surface area (Å²) in [5.41, 5.74) is 6.64. The van der Waals surface area contributed by atoms with E-state index in [1.165, 1.54) is 0 Å². The van der Waals surface area contributed by atoms with Gasteiger partial charge in [-0.2, -0.15) is 0 Å². The van der Waals surface area contributed by atoms with Gasteiger partial charge < -0.3 is 20.4 Å². The van der Waals surface area contributed by atoms with Crippen LogP contribution in [0.4, 0.5) is 0 Å². The molecule has 0 atom stereocenters. The Hall–Kier alpha value is -2.08. The van der Waals surface area contributed by atoms with Crippen molar-refractivity contribution in [3.05, 3.63) is 35.4 Å². The number of nitrogens with zero attached hydrogens (tertiary/aromatic N) is 1. The van der Waals surface area contributed by atoms with Gasteiger partial charge in [0.05, 0.1) is 6.61 Å². The van der Waals surface area contributed by atoms with Crippen LogP contribution in [0.3, 0.4) is 0 Å². The van der Waals surface area contributed by atoms with Crippen molar-refractivity contribution in [2.24, 2.45) is 10.9 Å². The molecule has 0 aromatic heterocycles. The third kappa shape index (κ3) is 6.76. The maximum Gasteiger partial charge on any atom is 0.332 e. The van der Waals surface area contributed by atoms with Crippen LogP contribution in [0.5, 0.6) is 0 Å². The van der Waals surface area contributed by atoms with E-state index >= 15 is 0 Å². The number of amidine groups is 1. The van der Waals surface area contributed by atoms with Crippen molar-refractivity contribution in [1.82, 2.24) is 0 Å². The molecule has 1 aromatic rings. The lowest BCUT2D eigenvalue weighted by atomic mass is 10.1. The summed E-state index contributed by atoms with van der Waals surface area (Å²) in [6.45, 7) is 5.74. The average molecular weight is 294 g/mol. The van der Waals surface area contributed by atoms with Gasteiger partial charge in [0.25, 0.3) is 0 Å². The van der Waals surface area contributed by atoms with E-state index in [0.717, 1.165) is 5.56 Å². The predicted octanol–water partition coefficient (Wildman–Crippen LogP) is 1.68. The molecule has 0 aliphatic rings. The van der Waals surface area contributed by atoms with Crippen molar-refractivity contribution in [3.63, 3.8) is 0 Å². The highest BCUT2D eigenvalue weighted by atomic mass is 16.6. The van der Waals surface area contributed by atoms with Crippen molar-refractivity contribution in [2.45, 2.75) is 32.8 Å². The van der Waals surface area contributed by atoms with Gasteiger partial charge in [0, 0.05) is 5.56 Å². The number of oxime groups is 1. The second-order valence-electron chi connectivity index (χ2n) is 5.57. The average Bonchev–Trinajstić information content (AvgIpc) is 2.41. The Morgan fingerprint density at radius 2 is 2.10 bits per heavy atom. The fraction of sp³-hybridized carbons (Fsp3) is 0.467. The Bertz CT molecular complexity index is 507. The maximum absolute atomic E-state index is 11.4. The molecule has 0 fully saturated rings. The van der Waals surface area contributed by atoms with Crippen molar-refractivity contribution in [3.8, 4) is 0 Å². The third-order valence-corrected chi connectivity index (χ3v) is 2.51. The summed E-state index contributed by atoms with van der Waals surface area (Å²) in [4.78, 5) is 11.4. The molecule has 6 heteroatoms. The standard InChI is InChI=1S/C15H22N2O4/c1-15(2,3)21-13(18)10-20-8-7-11-5-4-6-12(9-11)14(16)17-19/h4-6,9,19H,7-8,10H2,1-3H3,(H2,16,17). The quantitative estimate of drug-likeness (QED) is 0.208. The Morgan fingerprint density at radius 3 is 2.71 bits per heavy atom. The number of esters is 1. The van der Waals surface area contributed by atoms with Crippen LogP contribution in [0.15, 0.2) is 29.4 Å². The predicted molar refractivity (Wildman–Crippen MR) is 79.3 cm³/mol. The van der Waals surface area contributed by atoms with E-state index in [0.29, 0.717) is 18.6 Å². The highest BCUT2D eigenvalue weighted by Crippen LogP contribution is 2.08. The van der Waals surface area contributed by atoms with Gasteiger partial charge in [-0.15, -0.1) is 0 Å². The molecule has 1 rings (SSSR count). The molecule has 116 valence electrons. The smallest absolute Gasteiger partial charge is 0.332 e. The van der Waals surface area contributed by atoms with E-state index < -0.39 is 5.60 Å². The minimum atomic E-state index is -0.504. The van der Waals surface area contributed by atoms with Crippen LogP contribution < -0.4 is 5.73 Å². The normalized spacial score (nSPS) is 12.2. The van der Waals surface area contributed by atoms with E-state index in [9.17, 15) is 4.79 Å². The zero-order valence-electron chi connectivity index (χ0n) is 12.6. The highest BCUT2D eigenvalue weighted by Gasteiger charge is 2.15. The summed E-state index contributed by atoms with van der Waals surface area (Å²) in [6.07, 6.45) is 0.620. The number of rotatable bonds is 6. The summed E-state index contributed by atoms with van der Waals surface area (Å²) >= 11 is 0. The van der Waals surface area contributed by atoms with Gasteiger partial charge in [0.15, 0.2) is 5.84 Å². The summed E-state index contributed by atoms with van der Waals surface area (Å²) in [7, 11) is 0. The van der Waals surface area contributed by atoms with Crippen LogP contribution in [0, 0.1) is 0 Å². The van der Waals surface area contributed by atoms with Crippen molar-refractivity contribution >= 4 is 11.8 Å².